The van der Waals surface area contributed by atoms with Gasteiger partial charge in [-0.1, -0.05) is 95.6 Å². The van der Waals surface area contributed by atoms with Crippen LogP contribution >= 0.6 is 11.6 Å². The summed E-state index contributed by atoms with van der Waals surface area (Å²) in [6, 6.07) is 0. The van der Waals surface area contributed by atoms with Crippen LogP contribution in [0.4, 0.5) is 0 Å². The van der Waals surface area contributed by atoms with Crippen molar-refractivity contribution >= 4 is 11.6 Å². The van der Waals surface area contributed by atoms with Gasteiger partial charge in [-0.3, -0.25) is 0 Å². The number of quaternary nitrogens is 1. The Morgan fingerprint density at radius 3 is 1.36 bits per heavy atom. The van der Waals surface area contributed by atoms with Crippen LogP contribution in [-0.2, 0) is 0 Å². The molecule has 0 aliphatic rings. The molecule has 1 N–H and O–H groups in total. The first-order chi connectivity index (χ1) is 11.3. The van der Waals surface area contributed by atoms with Crippen molar-refractivity contribution in [3.63, 3.8) is 0 Å². The maximum Gasteiger partial charge on any atom is 0.184 e. The minimum atomic E-state index is -1.08. The highest BCUT2D eigenvalue weighted by atomic mass is 35.5. The molecule has 0 radical (unpaired) electrons. The van der Waals surface area contributed by atoms with E-state index in [9.17, 15) is 5.11 Å². The topological polar surface area (TPSA) is 20.2 Å². The SMILES string of the molecule is CCCCCCCCCCCCCCCC[N+](C)(C)CC(C)(O)Cl.[Cl-]. The Hall–Kier alpha value is 0.500. The van der Waals surface area contributed by atoms with E-state index in [0.29, 0.717) is 6.54 Å². The number of halogens is 2. The highest BCUT2D eigenvalue weighted by Gasteiger charge is 2.27. The molecule has 1 unspecified atom stereocenters. The average molecular weight is 399 g/mol. The van der Waals surface area contributed by atoms with E-state index in [4.69, 9.17) is 11.6 Å². The Bertz CT molecular complexity index is 278. The molecule has 0 aromatic rings. The van der Waals surface area contributed by atoms with Crippen molar-refractivity contribution in [1.82, 2.24) is 0 Å². The number of likely N-dealkylation sites (N-methyl/N-ethyl adjacent to an activating group) is 1. The van der Waals surface area contributed by atoms with Gasteiger partial charge in [-0.05, 0) is 19.8 Å². The largest absolute Gasteiger partial charge is 1.00 e. The Morgan fingerprint density at radius 1 is 0.720 bits per heavy atom. The van der Waals surface area contributed by atoms with E-state index >= 15 is 0 Å². The molecule has 0 aliphatic heterocycles. The lowest BCUT2D eigenvalue weighted by atomic mass is 10.0. The second kappa shape index (κ2) is 16.7. The molecule has 0 amide bonds. The third-order valence-electron chi connectivity index (χ3n) is 4.83. The smallest absolute Gasteiger partial charge is 0.184 e. The molecule has 0 saturated carbocycles. The van der Waals surface area contributed by atoms with E-state index in [0.717, 1.165) is 11.0 Å². The van der Waals surface area contributed by atoms with Crippen LogP contribution in [0.5, 0.6) is 0 Å². The molecule has 2 nitrogen and oxygen atoms in total. The number of rotatable bonds is 17. The van der Waals surface area contributed by atoms with Gasteiger partial charge >= 0.3 is 0 Å². The molecule has 0 aliphatic carbocycles. The normalized spacial score (nSPS) is 14.2. The van der Waals surface area contributed by atoms with Crippen molar-refractivity contribution in [3.8, 4) is 0 Å². The maximum atomic E-state index is 9.72. The molecule has 0 spiro atoms. The summed E-state index contributed by atoms with van der Waals surface area (Å²) in [5, 5.41) is 8.63. The summed E-state index contributed by atoms with van der Waals surface area (Å²) in [6.07, 6.45) is 19.5. The molecule has 4 heteroatoms. The molecule has 1 atom stereocenters. The molecule has 0 aromatic heterocycles. The van der Waals surface area contributed by atoms with Crippen molar-refractivity contribution < 1.29 is 22.0 Å². The Kier molecular flexibility index (Phi) is 18.5. The summed E-state index contributed by atoms with van der Waals surface area (Å²) in [6.45, 7) is 5.66. The van der Waals surface area contributed by atoms with Crippen LogP contribution in [0.2, 0.25) is 0 Å². The molecule has 0 fully saturated rings. The minimum Gasteiger partial charge on any atom is -1.00 e. The van der Waals surface area contributed by atoms with Crippen LogP contribution < -0.4 is 12.4 Å². The molecule has 0 saturated heterocycles. The number of nitrogens with zero attached hydrogens (tertiary/aromatic N) is 1. The Morgan fingerprint density at radius 2 is 1.04 bits per heavy atom. The zero-order valence-corrected chi connectivity index (χ0v) is 19.0. The zero-order chi connectivity index (χ0) is 18.3. The summed E-state index contributed by atoms with van der Waals surface area (Å²) >= 11 is 5.92. The molecule has 0 heterocycles. The fraction of sp³-hybridized carbons (Fsp3) is 1.00. The Labute approximate surface area is 169 Å². The quantitative estimate of drug-likeness (QED) is 0.226. The third kappa shape index (κ3) is 22.5. The summed E-state index contributed by atoms with van der Waals surface area (Å²) in [5.41, 5.74) is 0. The summed E-state index contributed by atoms with van der Waals surface area (Å²) in [7, 11) is 4.30. The van der Waals surface area contributed by atoms with Crippen molar-refractivity contribution in [3.05, 3.63) is 0 Å². The lowest BCUT2D eigenvalue weighted by Crippen LogP contribution is -3.00. The van der Waals surface area contributed by atoms with Gasteiger partial charge in [0.2, 0.25) is 0 Å². The average Bonchev–Trinajstić information content (AvgIpc) is 2.45. The second-order valence-corrected chi connectivity index (χ2v) is 9.37. The van der Waals surface area contributed by atoms with Crippen molar-refractivity contribution in [2.45, 2.75) is 109 Å². The lowest BCUT2D eigenvalue weighted by Gasteiger charge is -2.33. The molecule has 25 heavy (non-hydrogen) atoms. The van der Waals surface area contributed by atoms with Gasteiger partial charge in [0.1, 0.15) is 6.54 Å². The number of aliphatic hydroxyl groups is 1. The first-order valence-corrected chi connectivity index (χ1v) is 10.9. The maximum absolute atomic E-state index is 9.72. The predicted molar refractivity (Wildman–Crippen MR) is 109 cm³/mol. The van der Waals surface area contributed by atoms with Gasteiger partial charge in [0, 0.05) is 0 Å². The van der Waals surface area contributed by atoms with Crippen LogP contribution in [0, 0.1) is 0 Å². The number of unbranched alkanes of at least 4 members (excludes halogenated alkanes) is 13. The molecular formula is C21H45Cl2NO. The van der Waals surface area contributed by atoms with Gasteiger partial charge in [0.15, 0.2) is 5.06 Å². The van der Waals surface area contributed by atoms with Crippen LogP contribution in [0.1, 0.15) is 104 Å². The summed E-state index contributed by atoms with van der Waals surface area (Å²) in [5.74, 6) is 0. The van der Waals surface area contributed by atoms with E-state index in [1.807, 2.05) is 0 Å². The van der Waals surface area contributed by atoms with Gasteiger partial charge in [0.05, 0.1) is 20.6 Å². The third-order valence-corrected chi connectivity index (χ3v) is 4.95. The van der Waals surface area contributed by atoms with Gasteiger partial charge < -0.3 is 22.0 Å². The molecular weight excluding hydrogens is 353 g/mol. The predicted octanol–water partition coefficient (Wildman–Crippen LogP) is 3.50. The first kappa shape index (κ1) is 27.7. The van der Waals surface area contributed by atoms with Crippen molar-refractivity contribution in [2.24, 2.45) is 0 Å². The van der Waals surface area contributed by atoms with Crippen LogP contribution in [-0.4, -0.2) is 41.8 Å². The molecule has 0 rings (SSSR count). The van der Waals surface area contributed by atoms with Crippen LogP contribution in [0.15, 0.2) is 0 Å². The van der Waals surface area contributed by atoms with E-state index in [2.05, 4.69) is 21.0 Å². The van der Waals surface area contributed by atoms with Crippen LogP contribution in [0.3, 0.4) is 0 Å². The van der Waals surface area contributed by atoms with Crippen molar-refractivity contribution in [2.75, 3.05) is 27.2 Å². The first-order valence-electron chi connectivity index (χ1n) is 10.5. The Balaban J connectivity index is 0. The van der Waals surface area contributed by atoms with Gasteiger partial charge in [-0.15, -0.1) is 0 Å². The number of hydrogen-bond donors (Lipinski definition) is 1. The lowest BCUT2D eigenvalue weighted by molar-refractivity contribution is -0.894. The minimum absolute atomic E-state index is 0. The van der Waals surface area contributed by atoms with Crippen molar-refractivity contribution in [1.29, 1.82) is 0 Å². The van der Waals surface area contributed by atoms with E-state index < -0.39 is 5.06 Å². The van der Waals surface area contributed by atoms with Gasteiger partial charge in [-0.2, -0.15) is 0 Å². The zero-order valence-electron chi connectivity index (χ0n) is 17.5. The van der Waals surface area contributed by atoms with Crippen LogP contribution in [0.25, 0.3) is 0 Å². The monoisotopic (exact) mass is 397 g/mol. The molecule has 0 bridgehead atoms. The van der Waals surface area contributed by atoms with E-state index in [1.54, 1.807) is 6.92 Å². The van der Waals surface area contributed by atoms with Gasteiger partial charge in [0.25, 0.3) is 0 Å². The van der Waals surface area contributed by atoms with E-state index in [-0.39, 0.29) is 12.4 Å². The second-order valence-electron chi connectivity index (χ2n) is 8.56. The fourth-order valence-electron chi connectivity index (χ4n) is 3.59. The highest BCUT2D eigenvalue weighted by Crippen LogP contribution is 2.17. The fourth-order valence-corrected chi connectivity index (χ4v) is 3.92. The molecule has 154 valence electrons. The number of alkyl halides is 1. The standard InChI is InChI=1S/C21H45ClNO.ClH/c1-5-6-7-8-9-10-11-12-13-14-15-16-17-18-19-23(3,4)20-21(2,22)24;/h24H,5-20H2,1-4H3;1H/q+1;/p-1. The number of hydrogen-bond acceptors (Lipinski definition) is 1. The van der Waals surface area contributed by atoms with E-state index in [1.165, 1.54) is 89.9 Å². The summed E-state index contributed by atoms with van der Waals surface area (Å²) in [4.78, 5) is 0. The highest BCUT2D eigenvalue weighted by molar-refractivity contribution is 6.22. The van der Waals surface area contributed by atoms with Gasteiger partial charge in [-0.25, -0.2) is 0 Å². The summed E-state index contributed by atoms with van der Waals surface area (Å²) < 4.78 is 0.800. The molecule has 0 aromatic carbocycles.